The Kier molecular flexibility index (Phi) is 3.76. The van der Waals surface area contributed by atoms with E-state index in [0.29, 0.717) is 6.04 Å². The molecule has 1 fully saturated rings. The molecule has 112 valence electrons. The van der Waals surface area contributed by atoms with Gasteiger partial charge in [-0.1, -0.05) is 42.1 Å². The monoisotopic (exact) mass is 328 g/mol. The van der Waals surface area contributed by atoms with Crippen LogP contribution in [0.3, 0.4) is 0 Å². The van der Waals surface area contributed by atoms with Gasteiger partial charge in [-0.3, -0.25) is 9.36 Å². The van der Waals surface area contributed by atoms with Crippen molar-refractivity contribution in [1.82, 2.24) is 9.55 Å². The molecule has 0 radical (unpaired) electrons. The third-order valence-electron chi connectivity index (χ3n) is 3.87. The minimum Gasteiger partial charge on any atom is -0.284 e. The van der Waals surface area contributed by atoms with Gasteiger partial charge in [-0.15, -0.1) is 11.3 Å². The number of hydrogen-bond donors (Lipinski definition) is 0. The Labute approximate surface area is 137 Å². The van der Waals surface area contributed by atoms with Crippen LogP contribution in [0.1, 0.15) is 24.4 Å². The molecule has 3 aromatic rings. The summed E-state index contributed by atoms with van der Waals surface area (Å²) < 4.78 is 1.92. The van der Waals surface area contributed by atoms with Crippen molar-refractivity contribution in [2.45, 2.75) is 30.5 Å². The van der Waals surface area contributed by atoms with Crippen LogP contribution in [-0.2, 0) is 6.42 Å². The summed E-state index contributed by atoms with van der Waals surface area (Å²) >= 11 is 3.25. The lowest BCUT2D eigenvalue weighted by Gasteiger charge is -2.10. The SMILES string of the molecule is O=c1c2ccsc2nc(SCCc2ccccc2)n1C1CC1. The molecule has 0 bridgehead atoms. The maximum absolute atomic E-state index is 12.6. The van der Waals surface area contributed by atoms with Gasteiger partial charge in [0.2, 0.25) is 0 Å². The molecule has 1 aliphatic carbocycles. The molecule has 0 atom stereocenters. The van der Waals surface area contributed by atoms with Gasteiger partial charge in [0.25, 0.3) is 5.56 Å². The van der Waals surface area contributed by atoms with Crippen molar-refractivity contribution in [3.8, 4) is 0 Å². The number of thioether (sulfide) groups is 1. The van der Waals surface area contributed by atoms with Crippen molar-refractivity contribution in [2.75, 3.05) is 5.75 Å². The van der Waals surface area contributed by atoms with E-state index in [0.717, 1.165) is 40.4 Å². The summed E-state index contributed by atoms with van der Waals surface area (Å²) in [6.45, 7) is 0. The van der Waals surface area contributed by atoms with Crippen LogP contribution in [0.5, 0.6) is 0 Å². The van der Waals surface area contributed by atoms with Crippen LogP contribution in [0.25, 0.3) is 10.2 Å². The molecule has 2 heterocycles. The standard InChI is InChI=1S/C17H16N2OS2/c20-16-14-9-11-21-15(14)18-17(19(16)13-6-7-13)22-10-8-12-4-2-1-3-5-12/h1-5,9,11,13H,6-8,10H2. The van der Waals surface area contributed by atoms with E-state index in [9.17, 15) is 4.79 Å². The smallest absolute Gasteiger partial charge is 0.263 e. The zero-order valence-corrected chi connectivity index (χ0v) is 13.7. The van der Waals surface area contributed by atoms with Gasteiger partial charge in [0, 0.05) is 11.8 Å². The Bertz CT molecular complexity index is 850. The topological polar surface area (TPSA) is 34.9 Å². The van der Waals surface area contributed by atoms with E-state index >= 15 is 0 Å². The molecule has 1 aliphatic rings. The van der Waals surface area contributed by atoms with Crippen molar-refractivity contribution in [3.05, 3.63) is 57.7 Å². The van der Waals surface area contributed by atoms with Crippen molar-refractivity contribution in [1.29, 1.82) is 0 Å². The Morgan fingerprint density at radius 2 is 2.05 bits per heavy atom. The highest BCUT2D eigenvalue weighted by Crippen LogP contribution is 2.37. The second kappa shape index (κ2) is 5.89. The number of fused-ring (bicyclic) bond motifs is 1. The van der Waals surface area contributed by atoms with Gasteiger partial charge in [-0.2, -0.15) is 0 Å². The Hall–Kier alpha value is -1.59. The van der Waals surface area contributed by atoms with Crippen molar-refractivity contribution in [3.63, 3.8) is 0 Å². The number of aryl methyl sites for hydroxylation is 1. The average Bonchev–Trinajstić information content (AvgIpc) is 3.25. The summed E-state index contributed by atoms with van der Waals surface area (Å²) in [5, 5.41) is 3.61. The molecule has 0 saturated heterocycles. The van der Waals surface area contributed by atoms with E-state index in [-0.39, 0.29) is 5.56 Å². The van der Waals surface area contributed by atoms with E-state index in [1.54, 1.807) is 23.1 Å². The predicted octanol–water partition coefficient (Wildman–Crippen LogP) is 4.13. The molecule has 0 unspecified atom stereocenters. The minimum absolute atomic E-state index is 0.135. The highest BCUT2D eigenvalue weighted by Gasteiger charge is 2.28. The molecule has 5 heteroatoms. The van der Waals surface area contributed by atoms with Crippen LogP contribution >= 0.6 is 23.1 Å². The number of hydrogen-bond acceptors (Lipinski definition) is 4. The van der Waals surface area contributed by atoms with E-state index in [2.05, 4.69) is 24.3 Å². The maximum atomic E-state index is 12.6. The summed E-state index contributed by atoms with van der Waals surface area (Å²) in [6.07, 6.45) is 3.20. The third-order valence-corrected chi connectivity index (χ3v) is 5.64. The Balaban J connectivity index is 1.60. The van der Waals surface area contributed by atoms with Crippen LogP contribution in [0.15, 0.2) is 51.7 Å². The molecule has 1 saturated carbocycles. The molecule has 0 spiro atoms. The second-order valence-corrected chi connectivity index (χ2v) is 7.48. The number of nitrogens with zero attached hydrogens (tertiary/aromatic N) is 2. The lowest BCUT2D eigenvalue weighted by atomic mass is 10.2. The largest absolute Gasteiger partial charge is 0.284 e. The molecule has 1 aromatic carbocycles. The summed E-state index contributed by atoms with van der Waals surface area (Å²) in [5.41, 5.74) is 1.46. The third kappa shape index (κ3) is 2.71. The zero-order valence-electron chi connectivity index (χ0n) is 12.1. The van der Waals surface area contributed by atoms with E-state index in [1.807, 2.05) is 22.1 Å². The summed E-state index contributed by atoms with van der Waals surface area (Å²) in [4.78, 5) is 18.2. The lowest BCUT2D eigenvalue weighted by molar-refractivity contribution is 0.619. The van der Waals surface area contributed by atoms with Crippen LogP contribution in [0.2, 0.25) is 0 Å². The summed E-state index contributed by atoms with van der Waals surface area (Å²) in [6, 6.07) is 12.7. The zero-order chi connectivity index (χ0) is 14.9. The van der Waals surface area contributed by atoms with E-state index in [1.165, 1.54) is 5.56 Å². The van der Waals surface area contributed by atoms with Crippen LogP contribution in [-0.4, -0.2) is 15.3 Å². The molecule has 0 aliphatic heterocycles. The van der Waals surface area contributed by atoms with E-state index in [4.69, 9.17) is 4.98 Å². The number of rotatable bonds is 5. The Morgan fingerprint density at radius 3 is 2.82 bits per heavy atom. The van der Waals surface area contributed by atoms with Gasteiger partial charge in [0.05, 0.1) is 5.39 Å². The fourth-order valence-electron chi connectivity index (χ4n) is 2.57. The molecule has 0 N–H and O–H groups in total. The van der Waals surface area contributed by atoms with Crippen molar-refractivity contribution in [2.24, 2.45) is 0 Å². The first kappa shape index (κ1) is 14.0. The van der Waals surface area contributed by atoms with Crippen molar-refractivity contribution < 1.29 is 0 Å². The average molecular weight is 328 g/mol. The highest BCUT2D eigenvalue weighted by molar-refractivity contribution is 7.99. The molecular weight excluding hydrogens is 312 g/mol. The number of thiophene rings is 1. The summed E-state index contributed by atoms with van der Waals surface area (Å²) in [7, 11) is 0. The van der Waals surface area contributed by atoms with Gasteiger partial charge in [-0.25, -0.2) is 4.98 Å². The lowest BCUT2D eigenvalue weighted by Crippen LogP contribution is -2.21. The molecule has 0 amide bonds. The maximum Gasteiger partial charge on any atom is 0.263 e. The van der Waals surface area contributed by atoms with Gasteiger partial charge in [0.1, 0.15) is 4.83 Å². The van der Waals surface area contributed by atoms with Gasteiger partial charge in [-0.05, 0) is 36.3 Å². The van der Waals surface area contributed by atoms with E-state index < -0.39 is 0 Å². The second-order valence-electron chi connectivity index (χ2n) is 5.52. The quantitative estimate of drug-likeness (QED) is 0.522. The van der Waals surface area contributed by atoms with Crippen molar-refractivity contribution >= 4 is 33.3 Å². The van der Waals surface area contributed by atoms with Crippen LogP contribution in [0.4, 0.5) is 0 Å². The van der Waals surface area contributed by atoms with Gasteiger partial charge < -0.3 is 0 Å². The molecule has 4 rings (SSSR count). The molecular formula is C17H16N2OS2. The van der Waals surface area contributed by atoms with Crippen LogP contribution < -0.4 is 5.56 Å². The molecule has 2 aromatic heterocycles. The van der Waals surface area contributed by atoms with Gasteiger partial charge in [0.15, 0.2) is 5.16 Å². The minimum atomic E-state index is 0.135. The van der Waals surface area contributed by atoms with Crippen LogP contribution in [0, 0.1) is 0 Å². The normalized spacial score (nSPS) is 14.5. The predicted molar refractivity (Wildman–Crippen MR) is 93.0 cm³/mol. The fourth-order valence-corrected chi connectivity index (χ4v) is 4.43. The number of benzene rings is 1. The first-order valence-electron chi connectivity index (χ1n) is 7.49. The molecule has 22 heavy (non-hydrogen) atoms. The highest BCUT2D eigenvalue weighted by atomic mass is 32.2. The first-order chi connectivity index (χ1) is 10.8. The first-order valence-corrected chi connectivity index (χ1v) is 9.36. The molecule has 3 nitrogen and oxygen atoms in total. The number of aromatic nitrogens is 2. The fraction of sp³-hybridized carbons (Fsp3) is 0.294. The Morgan fingerprint density at radius 1 is 1.23 bits per heavy atom. The summed E-state index contributed by atoms with van der Waals surface area (Å²) in [5.74, 6) is 0.944. The van der Waals surface area contributed by atoms with Gasteiger partial charge >= 0.3 is 0 Å².